The summed E-state index contributed by atoms with van der Waals surface area (Å²) in [7, 11) is 2.96. The largest absolute Gasteiger partial charge is 0.493 e. The number of amides is 3. The highest BCUT2D eigenvalue weighted by Gasteiger charge is 2.52. The van der Waals surface area contributed by atoms with Crippen molar-refractivity contribution < 1.29 is 33.4 Å². The van der Waals surface area contributed by atoms with E-state index in [0.717, 1.165) is 12.8 Å². The molecule has 1 saturated heterocycles. The predicted octanol–water partition coefficient (Wildman–Crippen LogP) is 2.07. The van der Waals surface area contributed by atoms with E-state index in [1.807, 2.05) is 0 Å². The number of benzene rings is 1. The van der Waals surface area contributed by atoms with Gasteiger partial charge in [-0.1, -0.05) is 12.8 Å². The van der Waals surface area contributed by atoms with Gasteiger partial charge in [0, 0.05) is 18.5 Å². The van der Waals surface area contributed by atoms with Crippen LogP contribution in [0.15, 0.2) is 18.2 Å². The maximum Gasteiger partial charge on any atom is 0.325 e. The SMILES string of the molecule is COc1ccc(C(=O)COC(=O)CCCN2C(=O)NC3(CCCC3)C2=O)cc1OC. The van der Waals surface area contributed by atoms with E-state index in [1.54, 1.807) is 12.1 Å². The molecule has 0 aromatic heterocycles. The molecule has 1 spiro atoms. The van der Waals surface area contributed by atoms with Crippen LogP contribution in [0.3, 0.4) is 0 Å². The molecule has 3 rings (SSSR count). The van der Waals surface area contributed by atoms with Gasteiger partial charge in [0.25, 0.3) is 5.91 Å². The molecule has 1 aromatic rings. The van der Waals surface area contributed by atoms with Crippen LogP contribution in [0.1, 0.15) is 48.9 Å². The highest BCUT2D eigenvalue weighted by Crippen LogP contribution is 2.35. The first-order chi connectivity index (χ1) is 14.4. The van der Waals surface area contributed by atoms with Crippen LogP contribution in [0.2, 0.25) is 0 Å². The monoisotopic (exact) mass is 418 g/mol. The van der Waals surface area contributed by atoms with Crippen molar-refractivity contribution in [3.63, 3.8) is 0 Å². The summed E-state index contributed by atoms with van der Waals surface area (Å²) < 4.78 is 15.3. The van der Waals surface area contributed by atoms with Crippen molar-refractivity contribution in [2.24, 2.45) is 0 Å². The average Bonchev–Trinajstić information content (AvgIpc) is 3.31. The molecule has 1 aromatic carbocycles. The van der Waals surface area contributed by atoms with Crippen LogP contribution in [-0.2, 0) is 14.3 Å². The number of carbonyl (C=O) groups excluding carboxylic acids is 4. The van der Waals surface area contributed by atoms with Crippen LogP contribution in [0.25, 0.3) is 0 Å². The van der Waals surface area contributed by atoms with Crippen molar-refractivity contribution in [2.75, 3.05) is 27.4 Å². The van der Waals surface area contributed by atoms with Gasteiger partial charge >= 0.3 is 12.0 Å². The maximum atomic E-state index is 12.5. The van der Waals surface area contributed by atoms with E-state index >= 15 is 0 Å². The zero-order chi connectivity index (χ0) is 21.7. The van der Waals surface area contributed by atoms with Gasteiger partial charge in [-0.25, -0.2) is 4.79 Å². The second kappa shape index (κ2) is 9.15. The Kier molecular flexibility index (Phi) is 6.59. The molecule has 0 unspecified atom stereocenters. The lowest BCUT2D eigenvalue weighted by molar-refractivity contribution is -0.143. The number of urea groups is 1. The molecule has 162 valence electrons. The van der Waals surface area contributed by atoms with Crippen molar-refractivity contribution in [2.45, 2.75) is 44.1 Å². The Hall–Kier alpha value is -3.10. The number of hydrogen-bond acceptors (Lipinski definition) is 7. The molecular formula is C21H26N2O7. The Morgan fingerprint density at radius 2 is 1.80 bits per heavy atom. The molecule has 1 aliphatic heterocycles. The normalized spacial score (nSPS) is 17.2. The highest BCUT2D eigenvalue weighted by atomic mass is 16.5. The summed E-state index contributed by atoms with van der Waals surface area (Å²) in [6.07, 6.45) is 3.44. The number of nitrogens with zero attached hydrogens (tertiary/aromatic N) is 1. The number of Topliss-reactive ketones (excluding diaryl/α,β-unsaturated/α-hetero) is 1. The van der Waals surface area contributed by atoms with Crippen molar-refractivity contribution >= 4 is 23.7 Å². The number of esters is 1. The average molecular weight is 418 g/mol. The van der Waals surface area contributed by atoms with E-state index in [9.17, 15) is 19.2 Å². The summed E-state index contributed by atoms with van der Waals surface area (Å²) >= 11 is 0. The van der Waals surface area contributed by atoms with E-state index in [4.69, 9.17) is 14.2 Å². The number of carbonyl (C=O) groups is 4. The number of rotatable bonds is 9. The number of ether oxygens (including phenoxy) is 3. The quantitative estimate of drug-likeness (QED) is 0.371. The van der Waals surface area contributed by atoms with Gasteiger partial charge in [-0.15, -0.1) is 0 Å². The Morgan fingerprint density at radius 1 is 1.10 bits per heavy atom. The second-order valence-corrected chi connectivity index (χ2v) is 7.43. The van der Waals surface area contributed by atoms with Crippen molar-refractivity contribution in [3.05, 3.63) is 23.8 Å². The fourth-order valence-electron chi connectivity index (χ4n) is 3.89. The maximum absolute atomic E-state index is 12.5. The van der Waals surface area contributed by atoms with E-state index in [2.05, 4.69) is 5.32 Å². The fraction of sp³-hybridized carbons (Fsp3) is 0.524. The van der Waals surface area contributed by atoms with Crippen LogP contribution < -0.4 is 14.8 Å². The number of nitrogens with one attached hydrogen (secondary N) is 1. The van der Waals surface area contributed by atoms with Gasteiger partial charge in [0.2, 0.25) is 0 Å². The molecule has 1 aliphatic carbocycles. The van der Waals surface area contributed by atoms with Gasteiger partial charge in [-0.2, -0.15) is 0 Å². The van der Waals surface area contributed by atoms with E-state index < -0.39 is 24.1 Å². The summed E-state index contributed by atoms with van der Waals surface area (Å²) in [5, 5.41) is 2.80. The summed E-state index contributed by atoms with van der Waals surface area (Å²) in [6.45, 7) is -0.258. The van der Waals surface area contributed by atoms with Crippen molar-refractivity contribution in [1.82, 2.24) is 10.2 Å². The van der Waals surface area contributed by atoms with E-state index in [-0.39, 0.29) is 31.1 Å². The minimum Gasteiger partial charge on any atom is -0.493 e. The molecule has 30 heavy (non-hydrogen) atoms. The zero-order valence-corrected chi connectivity index (χ0v) is 17.2. The number of imide groups is 1. The minimum atomic E-state index is -0.747. The van der Waals surface area contributed by atoms with Crippen LogP contribution in [0.4, 0.5) is 4.79 Å². The molecule has 0 atom stereocenters. The third kappa shape index (κ3) is 4.39. The minimum absolute atomic E-state index is 0.00325. The van der Waals surface area contributed by atoms with Gasteiger partial charge in [0.1, 0.15) is 5.54 Å². The summed E-state index contributed by atoms with van der Waals surface area (Å²) in [4.78, 5) is 50.0. The molecule has 9 nitrogen and oxygen atoms in total. The first-order valence-corrected chi connectivity index (χ1v) is 9.95. The first-order valence-electron chi connectivity index (χ1n) is 9.95. The molecule has 1 heterocycles. The molecule has 9 heteroatoms. The van der Waals surface area contributed by atoms with Gasteiger partial charge in [0.05, 0.1) is 14.2 Å². The molecule has 0 radical (unpaired) electrons. The molecule has 2 fully saturated rings. The lowest BCUT2D eigenvalue weighted by Crippen LogP contribution is -2.44. The molecule has 3 amide bonds. The Balaban J connectivity index is 1.43. The van der Waals surface area contributed by atoms with E-state index in [1.165, 1.54) is 25.2 Å². The van der Waals surface area contributed by atoms with Gasteiger partial charge < -0.3 is 19.5 Å². The second-order valence-electron chi connectivity index (χ2n) is 7.43. The molecule has 0 bridgehead atoms. The highest BCUT2D eigenvalue weighted by molar-refractivity contribution is 6.07. The summed E-state index contributed by atoms with van der Waals surface area (Å²) in [5.74, 6) is -0.246. The lowest BCUT2D eigenvalue weighted by Gasteiger charge is -2.19. The van der Waals surface area contributed by atoms with Crippen LogP contribution in [0.5, 0.6) is 11.5 Å². The molecule has 1 N–H and O–H groups in total. The van der Waals surface area contributed by atoms with Crippen molar-refractivity contribution in [1.29, 1.82) is 0 Å². The predicted molar refractivity (Wildman–Crippen MR) is 106 cm³/mol. The van der Waals surface area contributed by atoms with Crippen LogP contribution >= 0.6 is 0 Å². The van der Waals surface area contributed by atoms with E-state index in [0.29, 0.717) is 29.9 Å². The fourth-order valence-corrected chi connectivity index (χ4v) is 3.89. The summed E-state index contributed by atoms with van der Waals surface area (Å²) in [5.41, 5.74) is -0.412. The first kappa shape index (κ1) is 21.6. The van der Waals surface area contributed by atoms with Gasteiger partial charge in [-0.05, 0) is 37.5 Å². The number of hydrogen-bond donors (Lipinski definition) is 1. The third-order valence-corrected chi connectivity index (χ3v) is 5.54. The molecule has 2 aliphatic rings. The Bertz CT molecular complexity index is 846. The van der Waals surface area contributed by atoms with Crippen LogP contribution in [0, 0.1) is 0 Å². The standard InChI is InChI=1S/C21H26N2O7/c1-28-16-8-7-14(12-17(16)29-2)15(24)13-30-18(25)6-5-11-23-19(26)21(22-20(23)27)9-3-4-10-21/h7-8,12H,3-6,9-11,13H2,1-2H3,(H,22,27). The lowest BCUT2D eigenvalue weighted by atomic mass is 9.98. The molecular weight excluding hydrogens is 392 g/mol. The Morgan fingerprint density at radius 3 is 2.47 bits per heavy atom. The van der Waals surface area contributed by atoms with Crippen LogP contribution in [-0.4, -0.2) is 61.5 Å². The summed E-state index contributed by atoms with van der Waals surface area (Å²) in [6, 6.07) is 4.28. The Labute approximate surface area is 174 Å². The van der Waals surface area contributed by atoms with Gasteiger partial charge in [-0.3, -0.25) is 19.3 Å². The molecule has 1 saturated carbocycles. The van der Waals surface area contributed by atoms with Gasteiger partial charge in [0.15, 0.2) is 23.9 Å². The topological polar surface area (TPSA) is 111 Å². The smallest absolute Gasteiger partial charge is 0.325 e. The van der Waals surface area contributed by atoms with Crippen molar-refractivity contribution in [3.8, 4) is 11.5 Å². The zero-order valence-electron chi connectivity index (χ0n) is 17.2. The third-order valence-electron chi connectivity index (χ3n) is 5.54. The number of methoxy groups -OCH3 is 2. The number of ketones is 1.